The number of aryl methyl sites for hydroxylation is 1. The van der Waals surface area contributed by atoms with Crippen LogP contribution in [-0.2, 0) is 7.05 Å². The van der Waals surface area contributed by atoms with Crippen molar-refractivity contribution < 1.29 is 19.0 Å². The zero-order valence-electron chi connectivity index (χ0n) is 12.2. The second-order valence-corrected chi connectivity index (χ2v) is 4.97. The molecular formula is C14H16N2O4S. The van der Waals surface area contributed by atoms with Gasteiger partial charge in [-0.25, -0.2) is 0 Å². The van der Waals surface area contributed by atoms with E-state index in [4.69, 9.17) is 14.2 Å². The zero-order valence-corrected chi connectivity index (χ0v) is 13.1. The van der Waals surface area contributed by atoms with Gasteiger partial charge in [0.05, 0.1) is 26.9 Å². The fraction of sp³-hybridized carbons (Fsp3) is 0.286. The molecule has 1 aromatic heterocycles. The molecule has 0 N–H and O–H groups in total. The first-order valence-electron chi connectivity index (χ1n) is 6.10. The van der Waals surface area contributed by atoms with Gasteiger partial charge in [-0.3, -0.25) is 4.79 Å². The molecule has 2 aromatic rings. The molecule has 1 heterocycles. The van der Waals surface area contributed by atoms with Crippen molar-refractivity contribution in [3.8, 4) is 17.2 Å². The standard InChI is InChI=1S/C14H16N2O4S/c1-16-7-8-21-14(16)15-13(17)9-5-6-10(18-2)12(20-4)11(9)19-3/h5-8H,1-4H3. The molecule has 0 atom stereocenters. The minimum atomic E-state index is -0.397. The highest BCUT2D eigenvalue weighted by Crippen LogP contribution is 2.39. The van der Waals surface area contributed by atoms with Gasteiger partial charge >= 0.3 is 0 Å². The van der Waals surface area contributed by atoms with Crippen LogP contribution < -0.4 is 19.0 Å². The number of benzene rings is 1. The van der Waals surface area contributed by atoms with Crippen LogP contribution in [0, 0.1) is 0 Å². The third-order valence-corrected chi connectivity index (χ3v) is 3.74. The van der Waals surface area contributed by atoms with E-state index in [2.05, 4.69) is 4.99 Å². The number of ether oxygens (including phenoxy) is 3. The topological polar surface area (TPSA) is 62.0 Å². The van der Waals surface area contributed by atoms with Crippen LogP contribution in [0.15, 0.2) is 28.7 Å². The molecule has 0 saturated carbocycles. The van der Waals surface area contributed by atoms with Crippen LogP contribution in [0.4, 0.5) is 0 Å². The van der Waals surface area contributed by atoms with Gasteiger partial charge in [0.2, 0.25) is 5.75 Å². The molecule has 0 fully saturated rings. The summed E-state index contributed by atoms with van der Waals surface area (Å²) in [5, 5.41) is 1.86. The van der Waals surface area contributed by atoms with E-state index < -0.39 is 5.91 Å². The summed E-state index contributed by atoms with van der Waals surface area (Å²) in [6.45, 7) is 0. The molecule has 2 rings (SSSR count). The van der Waals surface area contributed by atoms with Gasteiger partial charge in [-0.1, -0.05) is 0 Å². The van der Waals surface area contributed by atoms with E-state index in [1.54, 1.807) is 16.7 Å². The van der Waals surface area contributed by atoms with E-state index >= 15 is 0 Å². The smallest absolute Gasteiger partial charge is 0.283 e. The van der Waals surface area contributed by atoms with Gasteiger partial charge < -0.3 is 18.8 Å². The summed E-state index contributed by atoms with van der Waals surface area (Å²) in [7, 11) is 6.31. The van der Waals surface area contributed by atoms with Crippen molar-refractivity contribution in [1.82, 2.24) is 4.57 Å². The average Bonchev–Trinajstić information content (AvgIpc) is 2.90. The molecule has 6 nitrogen and oxygen atoms in total. The molecular weight excluding hydrogens is 292 g/mol. The molecule has 112 valence electrons. The molecule has 1 aromatic carbocycles. The average molecular weight is 308 g/mol. The van der Waals surface area contributed by atoms with Gasteiger partial charge in [-0.05, 0) is 12.1 Å². The van der Waals surface area contributed by atoms with Crippen LogP contribution in [0.5, 0.6) is 17.2 Å². The highest BCUT2D eigenvalue weighted by Gasteiger charge is 2.20. The minimum Gasteiger partial charge on any atom is -0.493 e. The molecule has 0 aliphatic carbocycles. The third kappa shape index (κ3) is 2.92. The molecule has 1 amide bonds. The van der Waals surface area contributed by atoms with Crippen LogP contribution in [0.25, 0.3) is 0 Å². The van der Waals surface area contributed by atoms with Gasteiger partial charge in [0, 0.05) is 18.6 Å². The van der Waals surface area contributed by atoms with Crippen LogP contribution >= 0.6 is 11.3 Å². The fourth-order valence-corrected chi connectivity index (χ4v) is 2.58. The van der Waals surface area contributed by atoms with Crippen molar-refractivity contribution >= 4 is 17.2 Å². The third-order valence-electron chi connectivity index (χ3n) is 2.89. The van der Waals surface area contributed by atoms with Crippen molar-refractivity contribution in [3.05, 3.63) is 34.1 Å². The first kappa shape index (κ1) is 15.1. The van der Waals surface area contributed by atoms with Crippen LogP contribution in [0.2, 0.25) is 0 Å². The lowest BCUT2D eigenvalue weighted by Crippen LogP contribution is -2.13. The Morgan fingerprint density at radius 1 is 1.14 bits per heavy atom. The molecule has 21 heavy (non-hydrogen) atoms. The molecule has 0 radical (unpaired) electrons. The van der Waals surface area contributed by atoms with Gasteiger partial charge in [0.1, 0.15) is 0 Å². The minimum absolute atomic E-state index is 0.310. The van der Waals surface area contributed by atoms with Crippen molar-refractivity contribution in [3.63, 3.8) is 0 Å². The molecule has 0 saturated heterocycles. The first-order valence-corrected chi connectivity index (χ1v) is 6.98. The predicted molar refractivity (Wildman–Crippen MR) is 79.3 cm³/mol. The second-order valence-electron chi connectivity index (χ2n) is 4.10. The van der Waals surface area contributed by atoms with Gasteiger partial charge in [0.15, 0.2) is 16.3 Å². The Bertz CT molecular complexity index is 718. The Balaban J connectivity index is 2.54. The molecule has 0 aliphatic heterocycles. The lowest BCUT2D eigenvalue weighted by molar-refractivity contribution is 0.0994. The van der Waals surface area contributed by atoms with E-state index in [0.29, 0.717) is 27.6 Å². The maximum atomic E-state index is 12.4. The summed E-state index contributed by atoms with van der Waals surface area (Å²) in [5.41, 5.74) is 0.323. The van der Waals surface area contributed by atoms with Crippen LogP contribution in [0.1, 0.15) is 10.4 Å². The summed E-state index contributed by atoms with van der Waals surface area (Å²) >= 11 is 1.38. The Morgan fingerprint density at radius 2 is 1.86 bits per heavy atom. The van der Waals surface area contributed by atoms with E-state index in [9.17, 15) is 4.79 Å². The fourth-order valence-electron chi connectivity index (χ4n) is 1.85. The number of amides is 1. The Labute approximate surface area is 126 Å². The Hall–Kier alpha value is -2.28. The van der Waals surface area contributed by atoms with Gasteiger partial charge in [0.25, 0.3) is 5.91 Å². The lowest BCUT2D eigenvalue weighted by Gasteiger charge is -2.13. The number of thiazole rings is 1. The van der Waals surface area contributed by atoms with Crippen molar-refractivity contribution in [2.45, 2.75) is 0 Å². The van der Waals surface area contributed by atoms with Crippen molar-refractivity contribution in [2.75, 3.05) is 21.3 Å². The number of hydrogen-bond acceptors (Lipinski definition) is 5. The molecule has 0 bridgehead atoms. The number of methoxy groups -OCH3 is 3. The van der Waals surface area contributed by atoms with Crippen LogP contribution in [0.3, 0.4) is 0 Å². The summed E-state index contributed by atoms with van der Waals surface area (Å²) in [6, 6.07) is 3.26. The second kappa shape index (κ2) is 6.45. The molecule has 7 heteroatoms. The lowest BCUT2D eigenvalue weighted by atomic mass is 10.1. The Kier molecular flexibility index (Phi) is 4.64. The number of rotatable bonds is 4. The maximum absolute atomic E-state index is 12.4. The van der Waals surface area contributed by atoms with Crippen molar-refractivity contribution in [2.24, 2.45) is 12.0 Å². The Morgan fingerprint density at radius 3 is 2.38 bits per heavy atom. The summed E-state index contributed by atoms with van der Waals surface area (Å²) in [4.78, 5) is 17.1. The first-order chi connectivity index (χ1) is 10.1. The molecule has 0 aliphatic rings. The van der Waals surface area contributed by atoms with E-state index in [-0.39, 0.29) is 0 Å². The quantitative estimate of drug-likeness (QED) is 0.865. The van der Waals surface area contributed by atoms with E-state index in [1.165, 1.54) is 32.7 Å². The SMILES string of the molecule is COc1ccc(C(=O)N=c2sccn2C)c(OC)c1OC. The highest BCUT2D eigenvalue weighted by molar-refractivity contribution is 7.07. The van der Waals surface area contributed by atoms with Crippen LogP contribution in [-0.4, -0.2) is 31.8 Å². The van der Waals surface area contributed by atoms with E-state index in [1.807, 2.05) is 18.6 Å². The number of carbonyl (C=O) groups excluding carboxylic acids is 1. The van der Waals surface area contributed by atoms with E-state index in [0.717, 1.165) is 0 Å². The molecule has 0 unspecified atom stereocenters. The van der Waals surface area contributed by atoms with Gasteiger partial charge in [-0.2, -0.15) is 4.99 Å². The number of carbonyl (C=O) groups is 1. The summed E-state index contributed by atoms with van der Waals surface area (Å²) < 4.78 is 17.5. The number of aromatic nitrogens is 1. The monoisotopic (exact) mass is 308 g/mol. The zero-order chi connectivity index (χ0) is 15.4. The molecule has 0 spiro atoms. The number of hydrogen-bond donors (Lipinski definition) is 0. The predicted octanol–water partition coefficient (Wildman–Crippen LogP) is 1.85. The highest BCUT2D eigenvalue weighted by atomic mass is 32.1. The number of nitrogens with zero attached hydrogens (tertiary/aromatic N) is 2. The summed E-state index contributed by atoms with van der Waals surface area (Å²) in [6.07, 6.45) is 1.84. The maximum Gasteiger partial charge on any atom is 0.283 e. The normalized spacial score (nSPS) is 11.3. The largest absolute Gasteiger partial charge is 0.493 e. The summed E-state index contributed by atoms with van der Waals surface area (Å²) in [5.74, 6) is 0.778. The van der Waals surface area contributed by atoms with Gasteiger partial charge in [-0.15, -0.1) is 11.3 Å². The van der Waals surface area contributed by atoms with Crippen molar-refractivity contribution in [1.29, 1.82) is 0 Å².